The highest BCUT2D eigenvalue weighted by Gasteiger charge is 2.25. The molecule has 0 aliphatic heterocycles. The van der Waals surface area contributed by atoms with Gasteiger partial charge >= 0.3 is 0 Å². The van der Waals surface area contributed by atoms with E-state index in [1.165, 1.54) is 18.3 Å². The summed E-state index contributed by atoms with van der Waals surface area (Å²) in [4.78, 5) is 21.4. The second-order valence-electron chi connectivity index (χ2n) is 7.41. The monoisotopic (exact) mass is 422 g/mol. The first-order valence-electron chi connectivity index (χ1n) is 9.74. The van der Waals surface area contributed by atoms with Crippen molar-refractivity contribution in [3.63, 3.8) is 0 Å². The van der Waals surface area contributed by atoms with Gasteiger partial charge in [0.05, 0.1) is 22.5 Å². The minimum absolute atomic E-state index is 0.0121. The maximum Gasteiger partial charge on any atom is 0.278 e. The van der Waals surface area contributed by atoms with Crippen LogP contribution < -0.4 is 11.1 Å². The van der Waals surface area contributed by atoms with Gasteiger partial charge in [-0.1, -0.05) is 36.8 Å². The van der Waals surface area contributed by atoms with E-state index < -0.39 is 15.7 Å². The lowest BCUT2D eigenvalue weighted by atomic mass is 9.87. The Kier molecular flexibility index (Phi) is 5.50. The Morgan fingerprint density at radius 1 is 1.07 bits per heavy atom. The third-order valence-electron chi connectivity index (χ3n) is 5.24. The van der Waals surface area contributed by atoms with Gasteiger partial charge in [0.25, 0.3) is 5.91 Å². The fraction of sp³-hybridized carbons (Fsp3) is 0.227. The average Bonchev–Trinajstić information content (AvgIpc) is 2.72. The molecule has 0 spiro atoms. The van der Waals surface area contributed by atoms with Crippen LogP contribution in [0.4, 0.5) is 11.5 Å². The average molecular weight is 423 g/mol. The van der Waals surface area contributed by atoms with Crippen LogP contribution in [0.3, 0.4) is 0 Å². The van der Waals surface area contributed by atoms with Crippen LogP contribution in [-0.2, 0) is 9.84 Å². The number of amides is 1. The number of aromatic nitrogens is 2. The second kappa shape index (κ2) is 8.23. The smallest absolute Gasteiger partial charge is 0.278 e. The van der Waals surface area contributed by atoms with Crippen molar-refractivity contribution in [1.29, 1.82) is 0 Å². The highest BCUT2D eigenvalue weighted by molar-refractivity contribution is 7.91. The molecule has 4 rings (SSSR count). The zero-order valence-corrected chi connectivity index (χ0v) is 17.1. The molecule has 1 fully saturated rings. The van der Waals surface area contributed by atoms with Gasteiger partial charge in [0.2, 0.25) is 0 Å². The van der Waals surface area contributed by atoms with Crippen LogP contribution in [0.25, 0.3) is 11.3 Å². The van der Waals surface area contributed by atoms with E-state index in [2.05, 4.69) is 15.3 Å². The van der Waals surface area contributed by atoms with E-state index in [0.717, 1.165) is 24.8 Å². The van der Waals surface area contributed by atoms with Crippen molar-refractivity contribution in [2.24, 2.45) is 5.92 Å². The summed E-state index contributed by atoms with van der Waals surface area (Å²) < 4.78 is 25.0. The molecule has 0 saturated heterocycles. The van der Waals surface area contributed by atoms with Gasteiger partial charge in [-0.15, -0.1) is 0 Å². The largest absolute Gasteiger partial charge is 0.382 e. The quantitative estimate of drug-likeness (QED) is 0.628. The number of nitrogens with one attached hydrogen (secondary N) is 1. The molecule has 2 aromatic carbocycles. The predicted octanol–water partition coefficient (Wildman–Crippen LogP) is 3.55. The van der Waals surface area contributed by atoms with Crippen LogP contribution >= 0.6 is 0 Å². The fourth-order valence-corrected chi connectivity index (χ4v) is 5.01. The molecule has 0 atom stereocenters. The highest BCUT2D eigenvalue weighted by atomic mass is 32.2. The van der Waals surface area contributed by atoms with Crippen LogP contribution in [0.15, 0.2) is 65.7 Å². The van der Waals surface area contributed by atoms with Gasteiger partial charge < -0.3 is 11.1 Å². The van der Waals surface area contributed by atoms with E-state index >= 15 is 0 Å². The number of nitrogens with zero attached hydrogens (tertiary/aromatic N) is 2. The number of sulfone groups is 1. The molecule has 1 aliphatic carbocycles. The van der Waals surface area contributed by atoms with Crippen molar-refractivity contribution in [2.75, 3.05) is 16.8 Å². The third kappa shape index (κ3) is 4.33. The Labute approximate surface area is 175 Å². The molecular weight excluding hydrogens is 400 g/mol. The molecule has 30 heavy (non-hydrogen) atoms. The Balaban J connectivity index is 1.50. The zero-order chi connectivity index (χ0) is 21.1. The standard InChI is InChI=1S/C22H22N4O3S/c23-21-20(26-19(13-24-21)16-7-2-1-3-8-16)22(27)25-17-9-11-18(12-10-17)30(28,29)14-15-5-4-6-15/h1-3,7-13,15H,4-6,14H2,(H2,23,24)(H,25,27). The zero-order valence-electron chi connectivity index (χ0n) is 16.3. The van der Waals surface area contributed by atoms with E-state index in [4.69, 9.17) is 5.73 Å². The fourth-order valence-electron chi connectivity index (χ4n) is 3.32. The summed E-state index contributed by atoms with van der Waals surface area (Å²) in [6.07, 6.45) is 4.56. The molecule has 1 heterocycles. The molecule has 3 aromatic rings. The van der Waals surface area contributed by atoms with Crippen molar-refractivity contribution < 1.29 is 13.2 Å². The van der Waals surface area contributed by atoms with Crippen molar-refractivity contribution in [3.05, 3.63) is 66.5 Å². The molecule has 3 N–H and O–H groups in total. The first-order chi connectivity index (χ1) is 14.4. The topological polar surface area (TPSA) is 115 Å². The van der Waals surface area contributed by atoms with Gasteiger partial charge in [0.1, 0.15) is 0 Å². The number of carbonyl (C=O) groups is 1. The highest BCUT2D eigenvalue weighted by Crippen LogP contribution is 2.30. The lowest BCUT2D eigenvalue weighted by Crippen LogP contribution is -2.22. The summed E-state index contributed by atoms with van der Waals surface area (Å²) in [5, 5.41) is 2.70. The van der Waals surface area contributed by atoms with Crippen LogP contribution in [0, 0.1) is 5.92 Å². The number of rotatable bonds is 6. The van der Waals surface area contributed by atoms with Gasteiger partial charge in [-0.25, -0.2) is 18.4 Å². The minimum Gasteiger partial charge on any atom is -0.382 e. The van der Waals surface area contributed by atoms with Gasteiger partial charge in [0, 0.05) is 11.3 Å². The first kappa shape index (κ1) is 20.0. The van der Waals surface area contributed by atoms with Gasteiger partial charge in [-0.05, 0) is 43.0 Å². The van der Waals surface area contributed by atoms with Crippen LogP contribution in [0.2, 0.25) is 0 Å². The van der Waals surface area contributed by atoms with E-state index in [1.54, 1.807) is 12.1 Å². The lowest BCUT2D eigenvalue weighted by Gasteiger charge is -2.24. The summed E-state index contributed by atoms with van der Waals surface area (Å²) in [6, 6.07) is 15.5. The Bertz CT molecular complexity index is 1160. The van der Waals surface area contributed by atoms with Crippen molar-refractivity contribution >= 4 is 27.2 Å². The molecule has 1 aliphatic rings. The van der Waals surface area contributed by atoms with E-state index in [0.29, 0.717) is 11.4 Å². The molecule has 1 aromatic heterocycles. The summed E-state index contributed by atoms with van der Waals surface area (Å²) in [7, 11) is -3.32. The lowest BCUT2D eigenvalue weighted by molar-refractivity contribution is 0.102. The van der Waals surface area contributed by atoms with Crippen molar-refractivity contribution in [2.45, 2.75) is 24.2 Å². The summed E-state index contributed by atoms with van der Waals surface area (Å²) in [5.74, 6) is -0.0561. The molecular formula is C22H22N4O3S. The van der Waals surface area contributed by atoms with Crippen LogP contribution in [0.5, 0.6) is 0 Å². The van der Waals surface area contributed by atoms with Crippen LogP contribution in [0.1, 0.15) is 29.8 Å². The Morgan fingerprint density at radius 2 is 1.77 bits per heavy atom. The number of carbonyl (C=O) groups excluding carboxylic acids is 1. The Hall–Kier alpha value is -3.26. The number of nitrogen functional groups attached to an aromatic ring is 1. The van der Waals surface area contributed by atoms with Crippen molar-refractivity contribution in [1.82, 2.24) is 9.97 Å². The van der Waals surface area contributed by atoms with Crippen molar-refractivity contribution in [3.8, 4) is 11.3 Å². The van der Waals surface area contributed by atoms with E-state index in [-0.39, 0.29) is 28.1 Å². The summed E-state index contributed by atoms with van der Waals surface area (Å²) in [6.45, 7) is 0. The maximum absolute atomic E-state index is 12.7. The number of benzene rings is 2. The molecule has 154 valence electrons. The normalized spacial score (nSPS) is 14.1. The number of anilines is 2. The molecule has 0 radical (unpaired) electrons. The number of nitrogens with two attached hydrogens (primary N) is 1. The van der Waals surface area contributed by atoms with Gasteiger partial charge in [0.15, 0.2) is 21.3 Å². The predicted molar refractivity (Wildman–Crippen MR) is 116 cm³/mol. The first-order valence-corrected chi connectivity index (χ1v) is 11.4. The maximum atomic E-state index is 12.7. The molecule has 1 saturated carbocycles. The number of hydrogen-bond acceptors (Lipinski definition) is 6. The SMILES string of the molecule is Nc1ncc(-c2ccccc2)nc1C(=O)Nc1ccc(S(=O)(=O)CC2CCC2)cc1. The molecule has 8 heteroatoms. The second-order valence-corrected chi connectivity index (χ2v) is 9.45. The van der Waals surface area contributed by atoms with Gasteiger partial charge in [-0.2, -0.15) is 0 Å². The minimum atomic E-state index is -3.32. The molecule has 1 amide bonds. The van der Waals surface area contributed by atoms with Gasteiger partial charge in [-0.3, -0.25) is 4.79 Å². The van der Waals surface area contributed by atoms with E-state index in [1.807, 2.05) is 30.3 Å². The number of hydrogen-bond donors (Lipinski definition) is 2. The summed E-state index contributed by atoms with van der Waals surface area (Å²) in [5.41, 5.74) is 7.67. The third-order valence-corrected chi connectivity index (χ3v) is 7.14. The van der Waals surface area contributed by atoms with E-state index in [9.17, 15) is 13.2 Å². The Morgan fingerprint density at radius 3 is 2.40 bits per heavy atom. The molecule has 7 nitrogen and oxygen atoms in total. The molecule has 0 unspecified atom stereocenters. The summed E-state index contributed by atoms with van der Waals surface area (Å²) >= 11 is 0. The molecule has 0 bridgehead atoms. The van der Waals surface area contributed by atoms with Crippen LogP contribution in [-0.4, -0.2) is 30.0 Å².